The smallest absolute Gasteiger partial charge is 0.286 e. The van der Waals surface area contributed by atoms with E-state index in [1.165, 1.54) is 0 Å². The van der Waals surface area contributed by atoms with Gasteiger partial charge in [0.15, 0.2) is 0 Å². The lowest BCUT2D eigenvalue weighted by Gasteiger charge is -2.11. The second kappa shape index (κ2) is 11.7. The van der Waals surface area contributed by atoms with Crippen LogP contribution >= 0.6 is 11.8 Å². The molecule has 0 saturated carbocycles. The van der Waals surface area contributed by atoms with Crippen LogP contribution in [0.15, 0.2) is 66.7 Å². The normalized spacial score (nSPS) is 15.2. The Labute approximate surface area is 219 Å². The lowest BCUT2D eigenvalue weighted by atomic mass is 10.0. The van der Waals surface area contributed by atoms with Crippen molar-refractivity contribution in [2.75, 3.05) is 21.3 Å². The lowest BCUT2D eigenvalue weighted by Crippen LogP contribution is -2.25. The number of nitrogens with one attached hydrogen (secondary N) is 2. The molecule has 0 bridgehead atoms. The molecule has 8 nitrogen and oxygen atoms in total. The van der Waals surface area contributed by atoms with Crippen molar-refractivity contribution >= 4 is 40.5 Å². The number of amides is 3. The Morgan fingerprint density at radius 1 is 0.919 bits per heavy atom. The molecule has 0 aliphatic carbocycles. The van der Waals surface area contributed by atoms with Crippen LogP contribution in [0.25, 0.3) is 11.6 Å². The Balaban J connectivity index is 1.49. The molecule has 1 unspecified atom stereocenters. The van der Waals surface area contributed by atoms with E-state index in [2.05, 4.69) is 10.6 Å². The number of imide groups is 1. The number of carbonyl (C=O) groups is 3. The number of thioether (sulfide) groups is 1. The molecule has 1 saturated heterocycles. The molecule has 1 atom stereocenters. The van der Waals surface area contributed by atoms with Crippen molar-refractivity contribution < 1.29 is 28.6 Å². The van der Waals surface area contributed by atoms with Crippen LogP contribution in [0.1, 0.15) is 16.7 Å². The quantitative estimate of drug-likeness (QED) is 0.313. The van der Waals surface area contributed by atoms with Gasteiger partial charge < -0.3 is 19.5 Å². The van der Waals surface area contributed by atoms with Gasteiger partial charge in [0.05, 0.1) is 19.5 Å². The van der Waals surface area contributed by atoms with Gasteiger partial charge in [-0.05, 0) is 65.6 Å². The van der Waals surface area contributed by atoms with Crippen LogP contribution in [0.3, 0.4) is 0 Å². The first-order valence-corrected chi connectivity index (χ1v) is 12.3. The maximum Gasteiger partial charge on any atom is 0.286 e. The second-order valence-electron chi connectivity index (χ2n) is 8.14. The van der Waals surface area contributed by atoms with Crippen LogP contribution in [0.5, 0.6) is 23.0 Å². The Morgan fingerprint density at radius 3 is 2.03 bits per heavy atom. The highest BCUT2D eigenvalue weighted by Crippen LogP contribution is 2.29. The van der Waals surface area contributed by atoms with Gasteiger partial charge in [-0.25, -0.2) is 0 Å². The van der Waals surface area contributed by atoms with Crippen molar-refractivity contribution in [3.05, 3.63) is 83.4 Å². The first-order valence-electron chi connectivity index (χ1n) is 11.4. The van der Waals surface area contributed by atoms with Gasteiger partial charge in [-0.3, -0.25) is 19.7 Å². The largest absolute Gasteiger partial charge is 0.497 e. The van der Waals surface area contributed by atoms with Crippen LogP contribution in [0.4, 0.5) is 4.79 Å². The number of carbonyl (C=O) groups excluding carboxylic acids is 3. The Hall–Kier alpha value is -4.24. The minimum Gasteiger partial charge on any atom is -0.497 e. The molecule has 0 aromatic heterocycles. The van der Waals surface area contributed by atoms with Gasteiger partial charge in [-0.2, -0.15) is 0 Å². The number of hydrogen-bond acceptors (Lipinski definition) is 7. The first kappa shape index (κ1) is 25.8. The molecule has 3 aromatic carbocycles. The Bertz CT molecular complexity index is 1310. The summed E-state index contributed by atoms with van der Waals surface area (Å²) in [5.41, 5.74) is 2.87. The highest BCUT2D eigenvalue weighted by atomic mass is 32.2. The predicted molar refractivity (Wildman–Crippen MR) is 143 cm³/mol. The number of methoxy groups -OCH3 is 2. The lowest BCUT2D eigenvalue weighted by molar-refractivity contribution is -0.119. The fraction of sp³-hybridized carbons (Fsp3) is 0.179. The third-order valence-corrected chi connectivity index (χ3v) is 6.65. The molecular formula is C28H26N2O6S. The number of likely N-dealkylation sites (N-methyl/N-ethyl adjacent to an activating group) is 1. The third-order valence-electron chi connectivity index (χ3n) is 5.67. The van der Waals surface area contributed by atoms with E-state index in [1.54, 1.807) is 45.5 Å². The van der Waals surface area contributed by atoms with E-state index >= 15 is 0 Å². The number of rotatable bonds is 9. The van der Waals surface area contributed by atoms with Gasteiger partial charge in [0.1, 0.15) is 23.0 Å². The molecule has 1 aliphatic rings. The summed E-state index contributed by atoms with van der Waals surface area (Å²) >= 11 is 1.01. The SMILES string of the molecule is CNC(=O)/C(=C/c1cc(OC)cc(OC)c1)c1ccc(Oc2ccc(CC3SC(=O)NC3=O)cc2)cc1. The molecule has 4 rings (SSSR count). The van der Waals surface area contributed by atoms with Gasteiger partial charge in [0, 0.05) is 18.7 Å². The van der Waals surface area contributed by atoms with Gasteiger partial charge in [-0.1, -0.05) is 36.0 Å². The summed E-state index contributed by atoms with van der Waals surface area (Å²) in [5.74, 6) is 1.98. The zero-order valence-corrected chi connectivity index (χ0v) is 21.4. The van der Waals surface area contributed by atoms with Crippen LogP contribution in [0.2, 0.25) is 0 Å². The van der Waals surface area contributed by atoms with Gasteiger partial charge in [0.25, 0.3) is 11.1 Å². The van der Waals surface area contributed by atoms with Crippen LogP contribution in [-0.2, 0) is 16.0 Å². The molecule has 37 heavy (non-hydrogen) atoms. The molecule has 2 N–H and O–H groups in total. The monoisotopic (exact) mass is 518 g/mol. The summed E-state index contributed by atoms with van der Waals surface area (Å²) in [7, 11) is 4.73. The predicted octanol–water partition coefficient (Wildman–Crippen LogP) is 4.68. The van der Waals surface area contributed by atoms with Crippen molar-refractivity contribution in [3.8, 4) is 23.0 Å². The minimum atomic E-state index is -0.410. The van der Waals surface area contributed by atoms with Crippen molar-refractivity contribution in [1.82, 2.24) is 10.6 Å². The van der Waals surface area contributed by atoms with E-state index in [0.29, 0.717) is 40.6 Å². The maximum absolute atomic E-state index is 12.7. The van der Waals surface area contributed by atoms with Crippen LogP contribution < -0.4 is 24.8 Å². The van der Waals surface area contributed by atoms with Crippen molar-refractivity contribution in [3.63, 3.8) is 0 Å². The number of benzene rings is 3. The zero-order chi connectivity index (χ0) is 26.4. The summed E-state index contributed by atoms with van der Waals surface area (Å²) in [4.78, 5) is 35.8. The summed E-state index contributed by atoms with van der Waals surface area (Å²) in [6, 6.07) is 20.0. The molecule has 3 amide bonds. The summed E-state index contributed by atoms with van der Waals surface area (Å²) in [6.07, 6.45) is 2.24. The zero-order valence-electron chi connectivity index (χ0n) is 20.6. The molecule has 3 aromatic rings. The molecule has 1 fully saturated rings. The summed E-state index contributed by atoms with van der Waals surface area (Å²) in [5, 5.41) is 4.26. The van der Waals surface area contributed by atoms with E-state index in [1.807, 2.05) is 48.5 Å². The highest BCUT2D eigenvalue weighted by Gasteiger charge is 2.31. The van der Waals surface area contributed by atoms with Gasteiger partial charge in [0.2, 0.25) is 5.91 Å². The molecule has 9 heteroatoms. The van der Waals surface area contributed by atoms with E-state index in [4.69, 9.17) is 14.2 Å². The Morgan fingerprint density at radius 2 is 1.51 bits per heavy atom. The van der Waals surface area contributed by atoms with E-state index in [-0.39, 0.29) is 17.1 Å². The second-order valence-corrected chi connectivity index (χ2v) is 9.32. The number of ether oxygens (including phenoxy) is 3. The van der Waals surface area contributed by atoms with Crippen LogP contribution in [0, 0.1) is 0 Å². The fourth-order valence-electron chi connectivity index (χ4n) is 3.77. The highest BCUT2D eigenvalue weighted by molar-refractivity contribution is 8.15. The maximum atomic E-state index is 12.7. The topological polar surface area (TPSA) is 103 Å². The summed E-state index contributed by atoms with van der Waals surface area (Å²) < 4.78 is 16.6. The molecule has 1 aliphatic heterocycles. The van der Waals surface area contributed by atoms with Gasteiger partial charge >= 0.3 is 0 Å². The summed E-state index contributed by atoms with van der Waals surface area (Å²) in [6.45, 7) is 0. The van der Waals surface area contributed by atoms with Crippen molar-refractivity contribution in [2.45, 2.75) is 11.7 Å². The minimum absolute atomic E-state index is 0.234. The van der Waals surface area contributed by atoms with E-state index < -0.39 is 5.25 Å². The average Bonchev–Trinajstić information content (AvgIpc) is 3.24. The van der Waals surface area contributed by atoms with Crippen molar-refractivity contribution in [2.24, 2.45) is 0 Å². The first-order chi connectivity index (χ1) is 17.9. The van der Waals surface area contributed by atoms with E-state index in [0.717, 1.165) is 22.9 Å². The molecular weight excluding hydrogens is 492 g/mol. The standard InChI is InChI=1S/C28H26N2O6S/c1-29-26(31)24(14-18-12-22(34-2)16-23(13-18)35-3)19-6-10-21(11-7-19)36-20-8-4-17(5-9-20)15-25-27(32)30-28(33)37-25/h4-14,16,25H,15H2,1-3H3,(H,29,31)(H,30,32,33)/b24-14+. The van der Waals surface area contributed by atoms with E-state index in [9.17, 15) is 14.4 Å². The van der Waals surface area contributed by atoms with Gasteiger partial charge in [-0.15, -0.1) is 0 Å². The third kappa shape index (κ3) is 6.50. The average molecular weight is 519 g/mol. The van der Waals surface area contributed by atoms with Crippen LogP contribution in [-0.4, -0.2) is 43.6 Å². The molecule has 190 valence electrons. The van der Waals surface area contributed by atoms with Crippen molar-refractivity contribution in [1.29, 1.82) is 0 Å². The molecule has 0 radical (unpaired) electrons. The fourth-order valence-corrected chi connectivity index (χ4v) is 4.63. The Kier molecular flexibility index (Phi) is 8.15. The molecule has 1 heterocycles. The number of hydrogen-bond donors (Lipinski definition) is 2. The molecule has 0 spiro atoms.